The summed E-state index contributed by atoms with van der Waals surface area (Å²) in [5.41, 5.74) is 2.34. The Kier molecular flexibility index (Phi) is 7.92. The van der Waals surface area contributed by atoms with Crippen LogP contribution in [0, 0.1) is 23.3 Å². The number of nitrogens with two attached hydrogens (primary N) is 1. The Balaban J connectivity index is 3.74. The van der Waals surface area contributed by atoms with Crippen molar-refractivity contribution in [1.29, 1.82) is 0 Å². The third kappa shape index (κ3) is 4.29. The van der Waals surface area contributed by atoms with Crippen molar-refractivity contribution in [3.8, 4) is 5.75 Å². The molecule has 0 fully saturated rings. The highest BCUT2D eigenvalue weighted by Gasteiger charge is 2.93. The first-order valence-corrected chi connectivity index (χ1v) is 8.17. The first kappa shape index (κ1) is 33.1. The van der Waals surface area contributed by atoms with Gasteiger partial charge in [-0.3, -0.25) is 0 Å². The molecule has 23 heteroatoms. The molecule has 0 saturated carbocycles. The van der Waals surface area contributed by atoms with Gasteiger partial charge in [-0.05, 0) is 0 Å². The predicted octanol–water partition coefficient (Wildman–Crippen LogP) is 7.69. The van der Waals surface area contributed by atoms with Gasteiger partial charge in [-0.1, -0.05) is 0 Å². The van der Waals surface area contributed by atoms with Gasteiger partial charge in [0, 0.05) is 0 Å². The van der Waals surface area contributed by atoms with Crippen LogP contribution in [0.15, 0.2) is 11.8 Å². The summed E-state index contributed by atoms with van der Waals surface area (Å²) < 4.78 is 278. The van der Waals surface area contributed by atoms with Crippen LogP contribution < -0.4 is 10.5 Å². The number of rotatable bonds is 8. The van der Waals surface area contributed by atoms with Crippen LogP contribution in [0.3, 0.4) is 0 Å². The number of alkyl halides is 15. The van der Waals surface area contributed by atoms with E-state index in [0.29, 0.717) is 0 Å². The van der Waals surface area contributed by atoms with Gasteiger partial charge in [0.2, 0.25) is 23.2 Å². The monoisotopic (exact) mass is 611 g/mol. The molecule has 0 saturated heterocycles. The van der Waals surface area contributed by atoms with Crippen molar-refractivity contribution >= 4 is 5.69 Å². The van der Waals surface area contributed by atoms with Crippen molar-refractivity contribution in [3.63, 3.8) is 0 Å². The number of nitrogen functional groups attached to an aromatic ring is 1. The molecule has 220 valence electrons. The highest BCUT2D eigenvalue weighted by Crippen LogP contribution is 2.63. The summed E-state index contributed by atoms with van der Waals surface area (Å²) in [5.74, 6) is -71.0. The lowest BCUT2D eigenvalue weighted by atomic mass is 9.91. The Hall–Kier alpha value is -2.91. The van der Waals surface area contributed by atoms with Gasteiger partial charge in [-0.15, -0.1) is 0 Å². The lowest BCUT2D eigenvalue weighted by Crippen LogP contribution is -2.72. The number of ether oxygens (including phenoxy) is 1. The smallest absolute Gasteiger partial charge is 0.423 e. The van der Waals surface area contributed by atoms with E-state index in [4.69, 9.17) is 0 Å². The van der Waals surface area contributed by atoms with Crippen LogP contribution >= 0.6 is 0 Å². The zero-order chi connectivity index (χ0) is 30.8. The van der Waals surface area contributed by atoms with Gasteiger partial charge in [0.05, 0.1) is 0 Å². The molecule has 0 bridgehead atoms. The largest absolute Gasteiger partial charge is 0.460 e. The highest BCUT2D eigenvalue weighted by molar-refractivity contribution is 5.48. The average Bonchev–Trinajstić information content (AvgIpc) is 2.76. The van der Waals surface area contributed by atoms with Gasteiger partial charge in [0.1, 0.15) is 5.69 Å². The first-order valence-electron chi connectivity index (χ1n) is 8.17. The van der Waals surface area contributed by atoms with Crippen LogP contribution in [0.5, 0.6) is 5.75 Å². The molecule has 0 atom stereocenters. The second kappa shape index (κ2) is 9.09. The molecule has 0 aromatic heterocycles. The zero-order valence-electron chi connectivity index (χ0n) is 16.4. The minimum absolute atomic E-state index is 2.09. The summed E-state index contributed by atoms with van der Waals surface area (Å²) >= 11 is 0. The van der Waals surface area contributed by atoms with E-state index >= 15 is 0 Å². The summed E-state index contributed by atoms with van der Waals surface area (Å²) in [7, 11) is 0. The van der Waals surface area contributed by atoms with Gasteiger partial charge < -0.3 is 10.5 Å². The highest BCUT2D eigenvalue weighted by atomic mass is 19.4. The van der Waals surface area contributed by atoms with Crippen molar-refractivity contribution in [2.75, 3.05) is 5.73 Å². The third-order valence-electron chi connectivity index (χ3n) is 4.22. The molecule has 1 rings (SSSR count). The molecule has 0 spiro atoms. The van der Waals surface area contributed by atoms with Crippen molar-refractivity contribution in [2.24, 2.45) is 0 Å². The summed E-state index contributed by atoms with van der Waals surface area (Å²) in [6.07, 6.45) is -7.92. The maximum atomic E-state index is 13.6. The maximum Gasteiger partial charge on any atom is 0.460 e. The SMILES string of the molecule is Nc1c(F)c(F)c(OC(F)=C(F)C(F)(F)C(F)(F)C(F)(F)C(F)(F)C(F)(F)C(F)(F)C(F)(F)F)c(F)c1F. The molecular formula is C15H2F21NO. The van der Waals surface area contributed by atoms with Crippen LogP contribution in [-0.2, 0) is 0 Å². The number of halogens is 21. The van der Waals surface area contributed by atoms with E-state index in [9.17, 15) is 92.2 Å². The van der Waals surface area contributed by atoms with E-state index in [1.165, 1.54) is 0 Å². The van der Waals surface area contributed by atoms with E-state index < -0.39 is 88.3 Å². The minimum Gasteiger partial charge on any atom is -0.423 e. The van der Waals surface area contributed by atoms with Gasteiger partial charge in [-0.25, -0.2) is 8.78 Å². The lowest BCUT2D eigenvalue weighted by molar-refractivity contribution is -0.451. The summed E-state index contributed by atoms with van der Waals surface area (Å²) in [6, 6.07) is -4.32. The van der Waals surface area contributed by atoms with Gasteiger partial charge in [0.25, 0.3) is 0 Å². The summed E-state index contributed by atoms with van der Waals surface area (Å²) in [4.78, 5) is 0. The Morgan fingerprint density at radius 2 is 0.816 bits per heavy atom. The molecule has 0 aliphatic heterocycles. The summed E-state index contributed by atoms with van der Waals surface area (Å²) in [6.45, 7) is 0. The molecule has 0 unspecified atom stereocenters. The third-order valence-corrected chi connectivity index (χ3v) is 4.22. The number of anilines is 1. The fraction of sp³-hybridized carbons (Fsp3) is 0.467. The summed E-state index contributed by atoms with van der Waals surface area (Å²) in [5, 5.41) is 0. The quantitative estimate of drug-likeness (QED) is 0.142. The van der Waals surface area contributed by atoms with Crippen LogP contribution in [0.1, 0.15) is 0 Å². The lowest BCUT2D eigenvalue weighted by Gasteiger charge is -2.41. The van der Waals surface area contributed by atoms with E-state index in [1.54, 1.807) is 0 Å². The number of allylic oxidation sites excluding steroid dienone is 1. The van der Waals surface area contributed by atoms with Crippen molar-refractivity contribution in [1.82, 2.24) is 0 Å². The molecule has 0 radical (unpaired) electrons. The van der Waals surface area contributed by atoms with Crippen molar-refractivity contribution in [3.05, 3.63) is 35.1 Å². The van der Waals surface area contributed by atoms with Crippen LogP contribution in [0.4, 0.5) is 97.9 Å². The van der Waals surface area contributed by atoms with E-state index in [1.807, 2.05) is 0 Å². The maximum absolute atomic E-state index is 13.6. The Bertz CT molecular complexity index is 1090. The second-order valence-electron chi connectivity index (χ2n) is 6.63. The molecule has 0 amide bonds. The molecule has 2 nitrogen and oxygen atoms in total. The first-order chi connectivity index (χ1) is 16.5. The molecule has 0 heterocycles. The normalized spacial score (nSPS) is 15.5. The van der Waals surface area contributed by atoms with Crippen molar-refractivity contribution < 1.29 is 96.9 Å². The Morgan fingerprint density at radius 1 is 0.500 bits per heavy atom. The molecule has 1 aromatic rings. The molecule has 2 N–H and O–H groups in total. The van der Waals surface area contributed by atoms with Gasteiger partial charge >= 0.3 is 47.7 Å². The topological polar surface area (TPSA) is 35.2 Å². The Labute approximate surface area is 192 Å². The zero-order valence-corrected chi connectivity index (χ0v) is 16.4. The van der Waals surface area contributed by atoms with Crippen LogP contribution in [0.2, 0.25) is 0 Å². The van der Waals surface area contributed by atoms with Gasteiger partial charge in [0.15, 0.2) is 11.6 Å². The van der Waals surface area contributed by atoms with Crippen LogP contribution in [0.25, 0.3) is 0 Å². The molecular weight excluding hydrogens is 609 g/mol. The van der Waals surface area contributed by atoms with Crippen molar-refractivity contribution in [2.45, 2.75) is 41.7 Å². The standard InChI is InChI=1S/C15H2F21NO/c16-1-3(18)6(4(19)2(17)5(1)37)38-8(21)7(20)9(22,23)10(24,25)11(26,27)12(28,29)13(30,31)14(32,33)15(34,35)36/h37H2. The van der Waals surface area contributed by atoms with E-state index in [-0.39, 0.29) is 0 Å². The number of hydrogen-bond acceptors (Lipinski definition) is 2. The fourth-order valence-electron chi connectivity index (χ4n) is 2.08. The van der Waals surface area contributed by atoms with Gasteiger partial charge in [-0.2, -0.15) is 83.4 Å². The molecule has 0 aliphatic rings. The van der Waals surface area contributed by atoms with E-state index in [2.05, 4.69) is 10.5 Å². The second-order valence-corrected chi connectivity index (χ2v) is 6.63. The average molecular weight is 611 g/mol. The molecule has 0 aliphatic carbocycles. The number of hydrogen-bond donors (Lipinski definition) is 1. The predicted molar refractivity (Wildman–Crippen MR) is 76.3 cm³/mol. The number of benzene rings is 1. The molecule has 1 aromatic carbocycles. The molecule has 38 heavy (non-hydrogen) atoms. The fourth-order valence-corrected chi connectivity index (χ4v) is 2.08. The van der Waals surface area contributed by atoms with Crippen LogP contribution in [-0.4, -0.2) is 41.7 Å². The minimum atomic E-state index is -8.86. The Morgan fingerprint density at radius 3 is 1.16 bits per heavy atom. The van der Waals surface area contributed by atoms with E-state index in [0.717, 1.165) is 0 Å².